The van der Waals surface area contributed by atoms with Crippen LogP contribution in [-0.2, 0) is 15.8 Å². The van der Waals surface area contributed by atoms with Gasteiger partial charge >= 0.3 is 0 Å². The van der Waals surface area contributed by atoms with Crippen molar-refractivity contribution in [2.24, 2.45) is 0 Å². The number of rotatable bonds is 3. The van der Waals surface area contributed by atoms with Crippen molar-refractivity contribution in [2.45, 2.75) is 5.75 Å². The lowest BCUT2D eigenvalue weighted by Crippen LogP contribution is -2.13. The molecule has 2 rings (SSSR count). The first-order valence-corrected chi connectivity index (χ1v) is 6.32. The topological polar surface area (TPSA) is 52.0 Å². The number of nitrogens with zero attached hydrogens (tertiary/aromatic N) is 2. The molecule has 0 aliphatic heterocycles. The second-order valence-electron chi connectivity index (χ2n) is 3.44. The van der Waals surface area contributed by atoms with Gasteiger partial charge in [-0.2, -0.15) is 0 Å². The van der Waals surface area contributed by atoms with Crippen LogP contribution in [0.2, 0.25) is 0 Å². The molecule has 2 aromatic rings. The zero-order valence-electron chi connectivity index (χ0n) is 8.57. The van der Waals surface area contributed by atoms with Crippen LogP contribution in [-0.4, -0.2) is 17.4 Å². The number of imidazole rings is 1. The van der Waals surface area contributed by atoms with Crippen molar-refractivity contribution < 1.29 is 8.42 Å². The first-order valence-electron chi connectivity index (χ1n) is 4.71. The molecule has 83 valence electrons. The number of hydrogen-bond donors (Lipinski definition) is 0. The zero-order chi connectivity index (χ0) is 11.6. The van der Waals surface area contributed by atoms with E-state index in [9.17, 15) is 8.42 Å². The van der Waals surface area contributed by atoms with Crippen LogP contribution in [0, 0.1) is 6.92 Å². The smallest absolute Gasteiger partial charge is 0.241 e. The molecule has 0 spiro atoms. The molecule has 0 saturated heterocycles. The Morgan fingerprint density at radius 2 is 1.94 bits per heavy atom. The molecule has 1 radical (unpaired) electrons. The van der Waals surface area contributed by atoms with Crippen molar-refractivity contribution in [3.63, 3.8) is 0 Å². The number of aromatic nitrogens is 2. The van der Waals surface area contributed by atoms with Crippen molar-refractivity contribution in [3.8, 4) is 0 Å². The summed E-state index contributed by atoms with van der Waals surface area (Å²) >= 11 is 0. The second-order valence-corrected chi connectivity index (χ2v) is 5.31. The molecule has 4 nitrogen and oxygen atoms in total. The van der Waals surface area contributed by atoms with Gasteiger partial charge in [0, 0.05) is 6.20 Å². The fourth-order valence-corrected chi connectivity index (χ4v) is 2.59. The van der Waals surface area contributed by atoms with Gasteiger partial charge in [0.05, 0.1) is 11.4 Å². The molecule has 0 amide bonds. The first-order chi connectivity index (χ1) is 7.58. The largest absolute Gasteiger partial charge is 0.243 e. The first kappa shape index (κ1) is 10.9. The summed E-state index contributed by atoms with van der Waals surface area (Å²) in [5, 5.41) is 0. The van der Waals surface area contributed by atoms with E-state index in [-0.39, 0.29) is 5.75 Å². The summed E-state index contributed by atoms with van der Waals surface area (Å²) < 4.78 is 24.9. The van der Waals surface area contributed by atoms with Gasteiger partial charge in [-0.25, -0.2) is 17.4 Å². The van der Waals surface area contributed by atoms with E-state index in [4.69, 9.17) is 0 Å². The Morgan fingerprint density at radius 3 is 2.50 bits per heavy atom. The Morgan fingerprint density at radius 1 is 1.25 bits per heavy atom. The van der Waals surface area contributed by atoms with Crippen molar-refractivity contribution in [3.05, 3.63) is 61.0 Å². The molecule has 0 saturated carbocycles. The van der Waals surface area contributed by atoms with Crippen LogP contribution >= 0.6 is 0 Å². The van der Waals surface area contributed by atoms with Crippen LogP contribution in [0.5, 0.6) is 0 Å². The summed E-state index contributed by atoms with van der Waals surface area (Å²) in [4.78, 5) is 3.80. The second kappa shape index (κ2) is 4.09. The average molecular weight is 235 g/mol. The Bertz CT molecular complexity index is 573. The van der Waals surface area contributed by atoms with Gasteiger partial charge in [0.15, 0.2) is 0 Å². The molecule has 1 aromatic heterocycles. The molecule has 16 heavy (non-hydrogen) atoms. The minimum Gasteiger partial charge on any atom is -0.241 e. The third-order valence-corrected chi connectivity index (χ3v) is 3.67. The van der Waals surface area contributed by atoms with Gasteiger partial charge in [-0.3, -0.25) is 0 Å². The van der Waals surface area contributed by atoms with E-state index in [0.29, 0.717) is 5.69 Å². The highest BCUT2D eigenvalue weighted by Crippen LogP contribution is 2.09. The molecule has 0 N–H and O–H groups in total. The summed E-state index contributed by atoms with van der Waals surface area (Å²) in [6.45, 7) is 3.57. The van der Waals surface area contributed by atoms with E-state index in [1.165, 1.54) is 12.5 Å². The lowest BCUT2D eigenvalue weighted by Gasteiger charge is -2.04. The van der Waals surface area contributed by atoms with Crippen molar-refractivity contribution in [1.29, 1.82) is 0 Å². The molecule has 1 heterocycles. The molecular formula is C11H11N2O2S. The van der Waals surface area contributed by atoms with Crippen LogP contribution in [0.15, 0.2) is 42.9 Å². The molecule has 1 aromatic carbocycles. The number of benzene rings is 1. The van der Waals surface area contributed by atoms with Gasteiger partial charge in [0.2, 0.25) is 10.0 Å². The summed E-state index contributed by atoms with van der Waals surface area (Å²) in [6, 6.07) is 9.03. The quantitative estimate of drug-likeness (QED) is 0.809. The van der Waals surface area contributed by atoms with Gasteiger partial charge in [0.1, 0.15) is 6.33 Å². The highest BCUT2D eigenvalue weighted by molar-refractivity contribution is 7.89. The summed E-state index contributed by atoms with van der Waals surface area (Å²) in [6.07, 6.45) is 2.67. The van der Waals surface area contributed by atoms with E-state index in [1.807, 2.05) is 18.2 Å². The van der Waals surface area contributed by atoms with Crippen LogP contribution in [0.3, 0.4) is 0 Å². The minimum atomic E-state index is -3.38. The molecule has 0 aliphatic carbocycles. The highest BCUT2D eigenvalue weighted by atomic mass is 32.2. The predicted octanol–water partition coefficient (Wildman–Crippen LogP) is 1.44. The third kappa shape index (κ3) is 2.30. The maximum Gasteiger partial charge on any atom is 0.243 e. The van der Waals surface area contributed by atoms with E-state index < -0.39 is 10.0 Å². The SMILES string of the molecule is [CH2]c1cn(S(=O)(=O)Cc2ccccc2)cn1. The highest BCUT2D eigenvalue weighted by Gasteiger charge is 2.13. The normalized spacial score (nSPS) is 11.6. The Kier molecular flexibility index (Phi) is 2.78. The lowest BCUT2D eigenvalue weighted by molar-refractivity contribution is 0.586. The summed E-state index contributed by atoms with van der Waals surface area (Å²) in [7, 11) is -3.38. The van der Waals surface area contributed by atoms with Crippen LogP contribution in [0.4, 0.5) is 0 Å². The van der Waals surface area contributed by atoms with E-state index in [2.05, 4.69) is 11.9 Å². The Hall–Kier alpha value is -1.62. The minimum absolute atomic E-state index is 0.0381. The van der Waals surface area contributed by atoms with Crippen LogP contribution < -0.4 is 0 Å². The zero-order valence-corrected chi connectivity index (χ0v) is 9.39. The Labute approximate surface area is 94.6 Å². The fraction of sp³-hybridized carbons (Fsp3) is 0.0909. The average Bonchev–Trinajstić information content (AvgIpc) is 2.66. The van der Waals surface area contributed by atoms with Crippen LogP contribution in [0.25, 0.3) is 0 Å². The van der Waals surface area contributed by atoms with Crippen molar-refractivity contribution in [2.75, 3.05) is 0 Å². The van der Waals surface area contributed by atoms with Gasteiger partial charge in [-0.15, -0.1) is 0 Å². The third-order valence-electron chi connectivity index (χ3n) is 2.13. The Balaban J connectivity index is 2.28. The summed E-state index contributed by atoms with van der Waals surface area (Å²) in [5.41, 5.74) is 1.19. The van der Waals surface area contributed by atoms with Gasteiger partial charge in [0.25, 0.3) is 0 Å². The van der Waals surface area contributed by atoms with Crippen LogP contribution in [0.1, 0.15) is 11.3 Å². The van der Waals surface area contributed by atoms with Crippen molar-refractivity contribution in [1.82, 2.24) is 8.96 Å². The maximum atomic E-state index is 11.9. The molecular weight excluding hydrogens is 224 g/mol. The molecule has 0 fully saturated rings. The molecule has 5 heteroatoms. The molecule has 0 bridgehead atoms. The fourth-order valence-electron chi connectivity index (χ4n) is 1.36. The van der Waals surface area contributed by atoms with Gasteiger partial charge in [-0.1, -0.05) is 30.3 Å². The monoisotopic (exact) mass is 235 g/mol. The maximum absolute atomic E-state index is 11.9. The van der Waals surface area contributed by atoms with E-state index in [1.54, 1.807) is 12.1 Å². The molecule has 0 atom stereocenters. The van der Waals surface area contributed by atoms with Gasteiger partial charge in [-0.05, 0) is 12.5 Å². The number of hydrogen-bond acceptors (Lipinski definition) is 3. The van der Waals surface area contributed by atoms with Gasteiger partial charge < -0.3 is 0 Å². The molecule has 0 unspecified atom stereocenters. The lowest BCUT2D eigenvalue weighted by atomic mass is 10.2. The molecule has 0 aliphatic rings. The summed E-state index contributed by atoms with van der Waals surface area (Å²) in [5.74, 6) is -0.0381. The van der Waals surface area contributed by atoms with E-state index >= 15 is 0 Å². The standard InChI is InChI=1S/C11H11N2O2S/c1-10-7-13(9-12-10)16(14,15)8-11-5-3-2-4-6-11/h2-7,9H,1,8H2. The predicted molar refractivity (Wildman–Crippen MR) is 61.1 cm³/mol. The van der Waals surface area contributed by atoms with E-state index in [0.717, 1.165) is 9.54 Å². The van der Waals surface area contributed by atoms with Crippen molar-refractivity contribution >= 4 is 10.0 Å².